The van der Waals surface area contributed by atoms with Crippen molar-refractivity contribution in [1.82, 2.24) is 15.3 Å². The molecule has 0 amide bonds. The lowest BCUT2D eigenvalue weighted by Crippen LogP contribution is -2.32. The molecule has 1 fully saturated rings. The van der Waals surface area contributed by atoms with E-state index in [0.29, 0.717) is 17.5 Å². The molecule has 4 nitrogen and oxygen atoms in total. The lowest BCUT2D eigenvalue weighted by Gasteiger charge is -2.36. The van der Waals surface area contributed by atoms with Gasteiger partial charge in [-0.1, -0.05) is 13.8 Å². The summed E-state index contributed by atoms with van der Waals surface area (Å²) < 4.78 is 0. The number of rotatable bonds is 3. The van der Waals surface area contributed by atoms with Crippen LogP contribution >= 0.6 is 0 Å². The Kier molecular flexibility index (Phi) is 2.77. The Labute approximate surface area is 109 Å². The van der Waals surface area contributed by atoms with Gasteiger partial charge in [0.15, 0.2) is 0 Å². The normalized spacial score (nSPS) is 25.6. The summed E-state index contributed by atoms with van der Waals surface area (Å²) in [6, 6.07) is 0.999. The fraction of sp³-hybridized carbons (Fsp3) is 0.714. The molecule has 2 N–H and O–H groups in total. The second-order valence-corrected chi connectivity index (χ2v) is 6.40. The van der Waals surface area contributed by atoms with Gasteiger partial charge in [0.1, 0.15) is 0 Å². The van der Waals surface area contributed by atoms with Crippen molar-refractivity contribution in [2.45, 2.75) is 51.6 Å². The van der Waals surface area contributed by atoms with E-state index < -0.39 is 0 Å². The molecule has 98 valence electrons. The van der Waals surface area contributed by atoms with Crippen LogP contribution in [0.2, 0.25) is 0 Å². The lowest BCUT2D eigenvalue weighted by atomic mass is 9.74. The molecular weight excluding hydrogens is 224 g/mol. The largest absolute Gasteiger partial charge is 0.351 e. The molecule has 0 saturated heterocycles. The summed E-state index contributed by atoms with van der Waals surface area (Å²) in [7, 11) is 2.02. The Hall–Kier alpha value is -1.16. The summed E-state index contributed by atoms with van der Waals surface area (Å²) in [4.78, 5) is 9.18. The van der Waals surface area contributed by atoms with E-state index in [-0.39, 0.29) is 0 Å². The van der Waals surface area contributed by atoms with Crippen LogP contribution in [0.3, 0.4) is 0 Å². The summed E-state index contributed by atoms with van der Waals surface area (Å²) in [6.07, 6.45) is 6.71. The maximum Gasteiger partial charge on any atom is 0.223 e. The van der Waals surface area contributed by atoms with Gasteiger partial charge in [-0.05, 0) is 38.1 Å². The molecule has 0 radical (unpaired) electrons. The number of hydrogen-bond donors (Lipinski definition) is 2. The molecule has 3 rings (SSSR count). The van der Waals surface area contributed by atoms with Crippen LogP contribution in [0.25, 0.3) is 0 Å². The summed E-state index contributed by atoms with van der Waals surface area (Å²) in [6.45, 7) is 4.63. The molecule has 1 aromatic heterocycles. The van der Waals surface area contributed by atoms with Crippen LogP contribution in [0, 0.1) is 5.41 Å². The predicted octanol–water partition coefficient (Wildman–Crippen LogP) is 2.28. The number of nitrogens with one attached hydrogen (secondary N) is 2. The van der Waals surface area contributed by atoms with Crippen molar-refractivity contribution in [3.05, 3.63) is 17.5 Å². The van der Waals surface area contributed by atoms with Crippen molar-refractivity contribution >= 4 is 5.95 Å². The van der Waals surface area contributed by atoms with Crippen molar-refractivity contribution in [3.63, 3.8) is 0 Å². The van der Waals surface area contributed by atoms with Crippen LogP contribution < -0.4 is 10.6 Å². The van der Waals surface area contributed by atoms with E-state index in [0.717, 1.165) is 18.8 Å². The summed E-state index contributed by atoms with van der Waals surface area (Å²) in [5.74, 6) is 0.809. The van der Waals surface area contributed by atoms with Crippen LogP contribution in [0.5, 0.6) is 0 Å². The monoisotopic (exact) mass is 246 g/mol. The third-order valence-electron chi connectivity index (χ3n) is 3.94. The Bertz CT molecular complexity index is 451. The van der Waals surface area contributed by atoms with Gasteiger partial charge >= 0.3 is 0 Å². The maximum atomic E-state index is 4.73. The first kappa shape index (κ1) is 11.9. The van der Waals surface area contributed by atoms with Crippen molar-refractivity contribution in [2.24, 2.45) is 5.41 Å². The molecular formula is C14H22N4. The van der Waals surface area contributed by atoms with E-state index in [1.165, 1.54) is 24.1 Å². The molecule has 2 aliphatic carbocycles. The van der Waals surface area contributed by atoms with E-state index >= 15 is 0 Å². The molecule has 4 heteroatoms. The molecule has 0 spiro atoms. The standard InChI is InChI=1S/C14H22N4/c1-14(2)6-11(15-3)10-8-16-13(17-9-4-5-9)18-12(10)7-14/h8-9,11,15H,4-7H2,1-3H3,(H,16,17,18). The molecule has 2 aliphatic rings. The molecule has 0 aliphatic heterocycles. The summed E-state index contributed by atoms with van der Waals surface area (Å²) in [5, 5.41) is 6.77. The van der Waals surface area contributed by atoms with Crippen LogP contribution in [-0.4, -0.2) is 23.1 Å². The highest BCUT2D eigenvalue weighted by Gasteiger charge is 2.33. The highest BCUT2D eigenvalue weighted by molar-refractivity contribution is 5.35. The van der Waals surface area contributed by atoms with Crippen LogP contribution in [0.1, 0.15) is 50.4 Å². The maximum absolute atomic E-state index is 4.73. The van der Waals surface area contributed by atoms with Crippen LogP contribution in [0.15, 0.2) is 6.20 Å². The van der Waals surface area contributed by atoms with Gasteiger partial charge in [-0.2, -0.15) is 0 Å². The fourth-order valence-electron chi connectivity index (χ4n) is 2.78. The van der Waals surface area contributed by atoms with Gasteiger partial charge < -0.3 is 10.6 Å². The first-order valence-electron chi connectivity index (χ1n) is 6.87. The van der Waals surface area contributed by atoms with E-state index in [1.807, 2.05) is 13.2 Å². The SMILES string of the molecule is CNC1CC(C)(C)Cc2nc(NC3CC3)ncc21. The van der Waals surface area contributed by atoms with Gasteiger partial charge in [0.05, 0.1) is 5.69 Å². The zero-order valence-electron chi connectivity index (χ0n) is 11.5. The average Bonchev–Trinajstić information content (AvgIpc) is 3.10. The van der Waals surface area contributed by atoms with E-state index in [9.17, 15) is 0 Å². The first-order valence-corrected chi connectivity index (χ1v) is 6.87. The molecule has 1 atom stereocenters. The van der Waals surface area contributed by atoms with Crippen molar-refractivity contribution in [3.8, 4) is 0 Å². The third kappa shape index (κ3) is 2.34. The van der Waals surface area contributed by atoms with Gasteiger partial charge in [-0.25, -0.2) is 9.97 Å². The highest BCUT2D eigenvalue weighted by Crippen LogP contribution is 2.39. The number of aromatic nitrogens is 2. The quantitative estimate of drug-likeness (QED) is 0.859. The molecule has 1 heterocycles. The number of fused-ring (bicyclic) bond motifs is 1. The molecule has 1 aromatic rings. The molecule has 1 saturated carbocycles. The van der Waals surface area contributed by atoms with Crippen LogP contribution in [0.4, 0.5) is 5.95 Å². The van der Waals surface area contributed by atoms with Gasteiger partial charge in [-0.3, -0.25) is 0 Å². The van der Waals surface area contributed by atoms with Gasteiger partial charge in [0.25, 0.3) is 0 Å². The minimum atomic E-state index is 0.311. The zero-order valence-corrected chi connectivity index (χ0v) is 11.5. The van der Waals surface area contributed by atoms with E-state index in [4.69, 9.17) is 4.98 Å². The Balaban J connectivity index is 1.90. The second-order valence-electron chi connectivity index (χ2n) is 6.40. The highest BCUT2D eigenvalue weighted by atomic mass is 15.1. The summed E-state index contributed by atoms with van der Waals surface area (Å²) >= 11 is 0. The first-order chi connectivity index (χ1) is 8.57. The average molecular weight is 246 g/mol. The predicted molar refractivity (Wildman–Crippen MR) is 72.6 cm³/mol. The van der Waals surface area contributed by atoms with Crippen LogP contribution in [-0.2, 0) is 6.42 Å². The Morgan fingerprint density at radius 3 is 2.78 bits per heavy atom. The molecule has 0 bridgehead atoms. The second kappa shape index (κ2) is 4.19. The fourth-order valence-corrected chi connectivity index (χ4v) is 2.78. The Morgan fingerprint density at radius 2 is 2.11 bits per heavy atom. The van der Waals surface area contributed by atoms with Crippen molar-refractivity contribution < 1.29 is 0 Å². The van der Waals surface area contributed by atoms with Crippen molar-refractivity contribution in [2.75, 3.05) is 12.4 Å². The number of anilines is 1. The summed E-state index contributed by atoms with van der Waals surface area (Å²) in [5.41, 5.74) is 2.80. The van der Waals surface area contributed by atoms with Gasteiger partial charge in [0.2, 0.25) is 5.95 Å². The van der Waals surface area contributed by atoms with E-state index in [2.05, 4.69) is 29.5 Å². The molecule has 0 aromatic carbocycles. The smallest absolute Gasteiger partial charge is 0.223 e. The number of hydrogen-bond acceptors (Lipinski definition) is 4. The number of nitrogens with zero attached hydrogens (tertiary/aromatic N) is 2. The molecule has 18 heavy (non-hydrogen) atoms. The minimum Gasteiger partial charge on any atom is -0.351 e. The zero-order chi connectivity index (χ0) is 12.8. The lowest BCUT2D eigenvalue weighted by molar-refractivity contribution is 0.260. The minimum absolute atomic E-state index is 0.311. The Morgan fingerprint density at radius 1 is 1.33 bits per heavy atom. The van der Waals surface area contributed by atoms with Crippen molar-refractivity contribution in [1.29, 1.82) is 0 Å². The van der Waals surface area contributed by atoms with E-state index in [1.54, 1.807) is 0 Å². The van der Waals surface area contributed by atoms with Gasteiger partial charge in [-0.15, -0.1) is 0 Å². The van der Waals surface area contributed by atoms with Gasteiger partial charge in [0, 0.05) is 23.8 Å². The topological polar surface area (TPSA) is 49.8 Å². The third-order valence-corrected chi connectivity index (χ3v) is 3.94. The molecule has 1 unspecified atom stereocenters.